The molecule has 1 atom stereocenters. The Morgan fingerprint density at radius 2 is 1.97 bits per heavy atom. The summed E-state index contributed by atoms with van der Waals surface area (Å²) in [7, 11) is 0. The standard InChI is InChI=1S/C25H28ClN3O3/c1-15-7-9-17(10-8-15)27-24(31)25(3)14-28-20-11-12-32-22(20)13-21(28)23(30)29(25)19-6-4-5-18(26)16(19)2/h4-6,11-13,15,17H,7-10,14H2,1-3H3,(H,27,31)/t15?,17?,25-/m1/s1. The Balaban J connectivity index is 1.60. The van der Waals surface area contributed by atoms with Gasteiger partial charge in [-0.05, 0) is 63.1 Å². The number of anilines is 1. The fraction of sp³-hybridized carbons (Fsp3) is 0.440. The van der Waals surface area contributed by atoms with Crippen LogP contribution in [0.5, 0.6) is 0 Å². The Kier molecular flexibility index (Phi) is 5.08. The van der Waals surface area contributed by atoms with E-state index in [9.17, 15) is 9.59 Å². The Morgan fingerprint density at radius 3 is 2.72 bits per heavy atom. The second kappa shape index (κ2) is 7.69. The van der Waals surface area contributed by atoms with Gasteiger partial charge in [-0.1, -0.05) is 24.6 Å². The van der Waals surface area contributed by atoms with Crippen molar-refractivity contribution in [3.63, 3.8) is 0 Å². The van der Waals surface area contributed by atoms with Crippen LogP contribution in [0.25, 0.3) is 11.1 Å². The number of carbonyl (C=O) groups is 2. The summed E-state index contributed by atoms with van der Waals surface area (Å²) in [5, 5.41) is 3.83. The normalized spacial score (nSPS) is 25.8. The van der Waals surface area contributed by atoms with Gasteiger partial charge in [0.2, 0.25) is 5.91 Å². The van der Waals surface area contributed by atoms with E-state index < -0.39 is 5.54 Å². The van der Waals surface area contributed by atoms with Gasteiger partial charge in [0, 0.05) is 28.9 Å². The molecule has 3 heterocycles. The number of nitrogens with zero attached hydrogens (tertiary/aromatic N) is 2. The fourth-order valence-electron chi connectivity index (χ4n) is 5.17. The highest BCUT2D eigenvalue weighted by molar-refractivity contribution is 6.32. The van der Waals surface area contributed by atoms with Gasteiger partial charge in [0.1, 0.15) is 11.2 Å². The minimum atomic E-state index is -1.12. The van der Waals surface area contributed by atoms with Gasteiger partial charge in [0.25, 0.3) is 5.91 Å². The van der Waals surface area contributed by atoms with E-state index in [2.05, 4.69) is 12.2 Å². The SMILES string of the molecule is Cc1c(Cl)cccc1N1C(=O)c2cc3occc3n2C[C@]1(C)C(=O)NC1CCC(C)CC1. The van der Waals surface area contributed by atoms with Crippen LogP contribution in [0.4, 0.5) is 5.69 Å². The minimum absolute atomic E-state index is 0.132. The highest BCUT2D eigenvalue weighted by Gasteiger charge is 2.49. The number of hydrogen-bond acceptors (Lipinski definition) is 3. The minimum Gasteiger partial charge on any atom is -0.463 e. The first-order chi connectivity index (χ1) is 15.3. The van der Waals surface area contributed by atoms with Gasteiger partial charge >= 0.3 is 0 Å². The van der Waals surface area contributed by atoms with Crippen LogP contribution in [0.3, 0.4) is 0 Å². The first-order valence-electron chi connectivity index (χ1n) is 11.3. The van der Waals surface area contributed by atoms with Crippen LogP contribution < -0.4 is 10.2 Å². The molecule has 6 nitrogen and oxygen atoms in total. The number of nitrogens with one attached hydrogen (secondary N) is 1. The van der Waals surface area contributed by atoms with Crippen LogP contribution in [-0.2, 0) is 11.3 Å². The quantitative estimate of drug-likeness (QED) is 0.584. The zero-order chi connectivity index (χ0) is 22.6. The molecule has 0 radical (unpaired) electrons. The van der Waals surface area contributed by atoms with Crippen molar-refractivity contribution in [1.29, 1.82) is 0 Å². The molecule has 2 aliphatic rings. The van der Waals surface area contributed by atoms with E-state index in [1.54, 1.807) is 23.3 Å². The predicted octanol–water partition coefficient (Wildman–Crippen LogP) is 5.31. The molecule has 0 spiro atoms. The molecule has 5 rings (SSSR count). The highest BCUT2D eigenvalue weighted by atomic mass is 35.5. The molecule has 0 saturated heterocycles. The molecule has 2 aromatic heterocycles. The molecule has 7 heteroatoms. The van der Waals surface area contributed by atoms with Gasteiger partial charge < -0.3 is 14.3 Å². The van der Waals surface area contributed by atoms with Crippen LogP contribution in [0.15, 0.2) is 41.0 Å². The molecule has 1 fully saturated rings. The van der Waals surface area contributed by atoms with Crippen molar-refractivity contribution in [3.8, 4) is 0 Å². The number of aromatic nitrogens is 1. The van der Waals surface area contributed by atoms with Crippen LogP contribution in [0, 0.1) is 12.8 Å². The average molecular weight is 454 g/mol. The zero-order valence-electron chi connectivity index (χ0n) is 18.7. The van der Waals surface area contributed by atoms with E-state index >= 15 is 0 Å². The molecule has 32 heavy (non-hydrogen) atoms. The van der Waals surface area contributed by atoms with Crippen molar-refractivity contribution in [2.24, 2.45) is 5.92 Å². The molecule has 1 saturated carbocycles. The Labute approximate surface area is 192 Å². The summed E-state index contributed by atoms with van der Waals surface area (Å²) < 4.78 is 7.45. The lowest BCUT2D eigenvalue weighted by atomic mass is 9.86. The topological polar surface area (TPSA) is 67.5 Å². The molecular formula is C25H28ClN3O3. The van der Waals surface area contributed by atoms with E-state index in [0.717, 1.165) is 36.8 Å². The third-order valence-corrected chi connectivity index (χ3v) is 7.63. The van der Waals surface area contributed by atoms with Gasteiger partial charge in [-0.15, -0.1) is 0 Å². The molecule has 1 aromatic carbocycles. The lowest BCUT2D eigenvalue weighted by Crippen LogP contribution is -2.65. The molecule has 1 N–H and O–H groups in total. The number of fused-ring (bicyclic) bond motifs is 3. The van der Waals surface area contributed by atoms with Gasteiger partial charge in [-0.2, -0.15) is 0 Å². The third-order valence-electron chi connectivity index (χ3n) is 7.22. The van der Waals surface area contributed by atoms with Crippen LogP contribution in [0.1, 0.15) is 55.6 Å². The van der Waals surface area contributed by atoms with E-state index in [-0.39, 0.29) is 17.9 Å². The largest absolute Gasteiger partial charge is 0.463 e. The monoisotopic (exact) mass is 453 g/mol. The molecule has 0 unspecified atom stereocenters. The molecule has 1 aliphatic carbocycles. The molecule has 1 aliphatic heterocycles. The summed E-state index contributed by atoms with van der Waals surface area (Å²) in [5.74, 6) is 0.320. The maximum absolute atomic E-state index is 13.8. The van der Waals surface area contributed by atoms with Gasteiger partial charge in [0.15, 0.2) is 5.58 Å². The summed E-state index contributed by atoms with van der Waals surface area (Å²) >= 11 is 6.41. The number of halogens is 1. The van der Waals surface area contributed by atoms with Crippen LogP contribution >= 0.6 is 11.6 Å². The highest BCUT2D eigenvalue weighted by Crippen LogP contribution is 2.39. The number of furan rings is 1. The first-order valence-corrected chi connectivity index (χ1v) is 11.6. The summed E-state index contributed by atoms with van der Waals surface area (Å²) in [6, 6.07) is 9.20. The second-order valence-corrected chi connectivity index (χ2v) is 9.92. The van der Waals surface area contributed by atoms with Gasteiger partial charge in [0.05, 0.1) is 18.3 Å². The number of rotatable bonds is 3. The molecule has 168 valence electrons. The predicted molar refractivity (Wildman–Crippen MR) is 125 cm³/mol. The van der Waals surface area contributed by atoms with E-state index in [4.69, 9.17) is 16.0 Å². The van der Waals surface area contributed by atoms with Gasteiger partial charge in [-0.25, -0.2) is 0 Å². The van der Waals surface area contributed by atoms with Crippen molar-refractivity contribution < 1.29 is 14.0 Å². The maximum Gasteiger partial charge on any atom is 0.276 e. The van der Waals surface area contributed by atoms with Crippen molar-refractivity contribution in [1.82, 2.24) is 9.88 Å². The van der Waals surface area contributed by atoms with Crippen molar-refractivity contribution in [3.05, 3.63) is 52.9 Å². The summed E-state index contributed by atoms with van der Waals surface area (Å²) in [5.41, 5.74) is 2.28. The molecular weight excluding hydrogens is 426 g/mol. The number of amides is 2. The Morgan fingerprint density at radius 1 is 1.22 bits per heavy atom. The van der Waals surface area contributed by atoms with Crippen molar-refractivity contribution in [2.45, 2.75) is 64.6 Å². The number of hydrogen-bond donors (Lipinski definition) is 1. The maximum atomic E-state index is 13.8. The third kappa shape index (κ3) is 3.24. The smallest absolute Gasteiger partial charge is 0.276 e. The van der Waals surface area contributed by atoms with Gasteiger partial charge in [-0.3, -0.25) is 14.5 Å². The Hall–Kier alpha value is -2.73. The summed E-state index contributed by atoms with van der Waals surface area (Å²) in [6.07, 6.45) is 5.75. The summed E-state index contributed by atoms with van der Waals surface area (Å²) in [6.45, 7) is 6.32. The lowest BCUT2D eigenvalue weighted by Gasteiger charge is -2.45. The molecule has 3 aromatic rings. The first kappa shape index (κ1) is 21.1. The second-order valence-electron chi connectivity index (χ2n) is 9.51. The van der Waals surface area contributed by atoms with Crippen molar-refractivity contribution in [2.75, 3.05) is 4.90 Å². The van der Waals surface area contributed by atoms with E-state index in [1.165, 1.54) is 0 Å². The van der Waals surface area contributed by atoms with E-state index in [0.29, 0.717) is 34.4 Å². The average Bonchev–Trinajstić information content (AvgIpc) is 3.35. The van der Waals surface area contributed by atoms with Crippen LogP contribution in [0.2, 0.25) is 5.02 Å². The number of benzene rings is 1. The fourth-order valence-corrected chi connectivity index (χ4v) is 5.34. The van der Waals surface area contributed by atoms with Crippen molar-refractivity contribution >= 4 is 40.2 Å². The molecule has 2 amide bonds. The molecule has 0 bridgehead atoms. The Bertz CT molecular complexity index is 1200. The van der Waals surface area contributed by atoms with E-state index in [1.807, 2.05) is 36.6 Å². The lowest BCUT2D eigenvalue weighted by molar-refractivity contribution is -0.127. The van der Waals surface area contributed by atoms with Crippen LogP contribution in [-0.4, -0.2) is 28.0 Å². The summed E-state index contributed by atoms with van der Waals surface area (Å²) in [4.78, 5) is 29.3. The zero-order valence-corrected chi connectivity index (χ0v) is 19.4. The number of carbonyl (C=O) groups excluding carboxylic acids is 2.